The number of carbonyl (C=O) groups is 1. The molecule has 0 saturated heterocycles. The molecule has 1 amide bonds. The highest BCUT2D eigenvalue weighted by molar-refractivity contribution is 7.15. The van der Waals surface area contributed by atoms with Crippen molar-refractivity contribution in [2.75, 3.05) is 19.5 Å². The van der Waals surface area contributed by atoms with Crippen LogP contribution in [0.15, 0.2) is 29.6 Å². The van der Waals surface area contributed by atoms with E-state index < -0.39 is 0 Å². The summed E-state index contributed by atoms with van der Waals surface area (Å²) in [5, 5.41) is 8.20. The highest BCUT2D eigenvalue weighted by Gasteiger charge is 2.57. The molecule has 5 rings (SSSR count). The molecule has 2 saturated carbocycles. The van der Waals surface area contributed by atoms with Crippen molar-refractivity contribution in [1.29, 1.82) is 0 Å². The van der Waals surface area contributed by atoms with Gasteiger partial charge in [0, 0.05) is 22.9 Å². The van der Waals surface area contributed by atoms with Crippen molar-refractivity contribution in [3.8, 4) is 5.75 Å². The Kier molecular flexibility index (Phi) is 6.40. The van der Waals surface area contributed by atoms with Crippen molar-refractivity contribution in [3.63, 3.8) is 0 Å². The number of ether oxygens (including phenoxy) is 1. The van der Waals surface area contributed by atoms with Crippen molar-refractivity contribution < 1.29 is 14.4 Å². The van der Waals surface area contributed by atoms with Gasteiger partial charge in [-0.3, -0.25) is 4.79 Å². The number of carbonyl (C=O) groups excluding carboxylic acids is 1. The maximum Gasteiger partial charge on any atom is 0.226 e. The molecule has 3 aliphatic rings. The zero-order valence-electron chi connectivity index (χ0n) is 20.6. The van der Waals surface area contributed by atoms with Crippen molar-refractivity contribution in [2.45, 2.75) is 64.7 Å². The van der Waals surface area contributed by atoms with Crippen LogP contribution in [0.3, 0.4) is 0 Å². The van der Waals surface area contributed by atoms with Crippen molar-refractivity contribution >= 4 is 28.1 Å². The number of aromatic nitrogens is 1. The standard InChI is InChI=1S/C27H35N3O3S/c1-16-15-28-26(34-16)29-24(31)10-6-18-14-23(30-33-4)27(2)12-11-21-20-9-7-19(32-3)13-17(20)5-8-22(21)25(18)27/h7,9,13,15,18,21-22,25H,5-6,8,10-12,14H2,1-4H3,(H,28,29,31)/b30-23+. The van der Waals surface area contributed by atoms with Crippen LogP contribution < -0.4 is 10.1 Å². The maximum atomic E-state index is 12.7. The van der Waals surface area contributed by atoms with Crippen molar-refractivity contribution in [3.05, 3.63) is 40.4 Å². The van der Waals surface area contributed by atoms with Gasteiger partial charge in [-0.15, -0.1) is 11.3 Å². The van der Waals surface area contributed by atoms with Gasteiger partial charge in [0.2, 0.25) is 5.91 Å². The van der Waals surface area contributed by atoms with E-state index in [1.54, 1.807) is 20.4 Å². The van der Waals surface area contributed by atoms with E-state index in [9.17, 15) is 4.79 Å². The summed E-state index contributed by atoms with van der Waals surface area (Å²) in [7, 11) is 3.39. The average molecular weight is 482 g/mol. The minimum atomic E-state index is 0.0503. The Morgan fingerprint density at radius 2 is 2.18 bits per heavy atom. The number of amides is 1. The third-order valence-corrected chi connectivity index (χ3v) is 9.45. The molecule has 5 atom stereocenters. The molecule has 6 nitrogen and oxygen atoms in total. The third-order valence-electron chi connectivity index (χ3n) is 8.62. The smallest absolute Gasteiger partial charge is 0.226 e. The lowest BCUT2D eigenvalue weighted by atomic mass is 9.54. The molecular weight excluding hydrogens is 446 g/mol. The third kappa shape index (κ3) is 4.12. The first-order valence-electron chi connectivity index (χ1n) is 12.4. The van der Waals surface area contributed by atoms with Gasteiger partial charge in [0.1, 0.15) is 12.9 Å². The lowest BCUT2D eigenvalue weighted by Crippen LogP contribution is -2.44. The fourth-order valence-electron chi connectivity index (χ4n) is 7.19. The number of anilines is 1. The van der Waals surface area contributed by atoms with E-state index in [0.29, 0.717) is 35.2 Å². The molecule has 1 aromatic carbocycles. The Balaban J connectivity index is 1.37. The van der Waals surface area contributed by atoms with E-state index in [0.717, 1.165) is 36.3 Å². The lowest BCUT2D eigenvalue weighted by Gasteiger charge is -2.50. The van der Waals surface area contributed by atoms with Gasteiger partial charge in [0.25, 0.3) is 0 Å². The first-order chi connectivity index (χ1) is 16.4. The van der Waals surface area contributed by atoms with E-state index in [-0.39, 0.29) is 11.3 Å². The second kappa shape index (κ2) is 9.33. The largest absolute Gasteiger partial charge is 0.497 e. The summed E-state index contributed by atoms with van der Waals surface area (Å²) >= 11 is 1.52. The second-order valence-electron chi connectivity index (χ2n) is 10.4. The number of hydrogen-bond donors (Lipinski definition) is 1. The van der Waals surface area contributed by atoms with Crippen LogP contribution in [-0.2, 0) is 16.1 Å². The van der Waals surface area contributed by atoms with Crippen molar-refractivity contribution in [2.24, 2.45) is 28.3 Å². The summed E-state index contributed by atoms with van der Waals surface area (Å²) in [6.45, 7) is 4.40. The highest BCUT2D eigenvalue weighted by atomic mass is 32.1. The van der Waals surface area contributed by atoms with Crippen LogP contribution in [0.2, 0.25) is 0 Å². The minimum absolute atomic E-state index is 0.0503. The monoisotopic (exact) mass is 481 g/mol. The van der Waals surface area contributed by atoms with Gasteiger partial charge < -0.3 is 14.9 Å². The second-order valence-corrected chi connectivity index (χ2v) is 11.6. The fourth-order valence-corrected chi connectivity index (χ4v) is 7.87. The van der Waals surface area contributed by atoms with E-state index in [4.69, 9.17) is 9.57 Å². The molecule has 0 aliphatic heterocycles. The predicted octanol–water partition coefficient (Wildman–Crippen LogP) is 5.96. The lowest BCUT2D eigenvalue weighted by molar-refractivity contribution is -0.116. The number of thiazole rings is 1. The van der Waals surface area contributed by atoms with Gasteiger partial charge in [-0.2, -0.15) is 0 Å². The number of aryl methyl sites for hydroxylation is 2. The van der Waals surface area contributed by atoms with E-state index in [1.807, 2.05) is 6.92 Å². The molecule has 2 fully saturated rings. The number of nitrogens with zero attached hydrogens (tertiary/aromatic N) is 2. The van der Waals surface area contributed by atoms with Gasteiger partial charge in [-0.1, -0.05) is 18.1 Å². The number of fused-ring (bicyclic) bond motifs is 5. The number of oxime groups is 1. The first kappa shape index (κ1) is 23.3. The van der Waals surface area contributed by atoms with E-state index in [1.165, 1.54) is 41.0 Å². The predicted molar refractivity (Wildman–Crippen MR) is 136 cm³/mol. The number of hydrogen-bond acceptors (Lipinski definition) is 6. The Morgan fingerprint density at radius 3 is 2.91 bits per heavy atom. The molecule has 5 unspecified atom stereocenters. The Hall–Kier alpha value is -2.41. The Labute approximate surface area is 206 Å². The van der Waals surface area contributed by atoms with Crippen LogP contribution in [0.4, 0.5) is 5.13 Å². The molecule has 7 heteroatoms. The Morgan fingerprint density at radius 1 is 1.32 bits per heavy atom. The molecule has 1 N–H and O–H groups in total. The number of benzene rings is 1. The Bertz CT molecular complexity index is 1100. The van der Waals surface area contributed by atoms with Gasteiger partial charge in [0.15, 0.2) is 5.13 Å². The normalized spacial score (nSPS) is 30.9. The fraction of sp³-hybridized carbons (Fsp3) is 0.593. The van der Waals surface area contributed by atoms with Crippen LogP contribution in [0.25, 0.3) is 0 Å². The summed E-state index contributed by atoms with van der Waals surface area (Å²) in [4.78, 5) is 23.4. The first-order valence-corrected chi connectivity index (χ1v) is 13.2. The quantitative estimate of drug-likeness (QED) is 0.517. The SMILES string of the molecule is CO/N=C1\CC(CCC(=O)Nc2ncc(C)s2)C2C3CCc4cc(OC)ccc4C3CCC12C. The van der Waals surface area contributed by atoms with Gasteiger partial charge in [0.05, 0.1) is 12.8 Å². The van der Waals surface area contributed by atoms with Crippen LogP contribution in [0, 0.1) is 30.1 Å². The number of rotatable bonds is 6. The number of nitrogens with one attached hydrogen (secondary N) is 1. The molecule has 34 heavy (non-hydrogen) atoms. The molecule has 1 aromatic heterocycles. The summed E-state index contributed by atoms with van der Waals surface area (Å²) in [5.41, 5.74) is 4.20. The number of methoxy groups -OCH3 is 1. The molecule has 0 radical (unpaired) electrons. The summed E-state index contributed by atoms with van der Waals surface area (Å²) in [5.74, 6) is 3.15. The maximum absolute atomic E-state index is 12.7. The molecule has 3 aliphatic carbocycles. The van der Waals surface area contributed by atoms with E-state index in [2.05, 4.69) is 40.6 Å². The van der Waals surface area contributed by atoms with Crippen LogP contribution in [0.5, 0.6) is 5.75 Å². The molecule has 2 aromatic rings. The summed E-state index contributed by atoms with van der Waals surface area (Å²) in [6.07, 6.45) is 8.69. The molecule has 182 valence electrons. The zero-order valence-corrected chi connectivity index (χ0v) is 21.4. The van der Waals surface area contributed by atoms with Crippen LogP contribution in [0.1, 0.15) is 67.4 Å². The zero-order chi connectivity index (χ0) is 23.9. The molecule has 1 heterocycles. The molecular formula is C27H35N3O3S. The van der Waals surface area contributed by atoms with Gasteiger partial charge >= 0.3 is 0 Å². The van der Waals surface area contributed by atoms with Crippen molar-refractivity contribution in [1.82, 2.24) is 4.98 Å². The summed E-state index contributed by atoms with van der Waals surface area (Å²) < 4.78 is 5.49. The average Bonchev–Trinajstić information content (AvgIpc) is 3.37. The minimum Gasteiger partial charge on any atom is -0.497 e. The van der Waals surface area contributed by atoms with Crippen LogP contribution >= 0.6 is 11.3 Å². The molecule has 0 bridgehead atoms. The van der Waals surface area contributed by atoms with Gasteiger partial charge in [-0.25, -0.2) is 4.98 Å². The van der Waals surface area contributed by atoms with E-state index >= 15 is 0 Å². The van der Waals surface area contributed by atoms with Crippen LogP contribution in [-0.4, -0.2) is 30.8 Å². The summed E-state index contributed by atoms with van der Waals surface area (Å²) in [6, 6.07) is 6.64. The topological polar surface area (TPSA) is 72.8 Å². The molecule has 0 spiro atoms. The van der Waals surface area contributed by atoms with Gasteiger partial charge in [-0.05, 0) is 92.4 Å². The highest BCUT2D eigenvalue weighted by Crippen LogP contribution is 2.62.